The smallest absolute Gasteiger partial charge is 0.323 e. The zero-order valence-electron chi connectivity index (χ0n) is 10.1. The van der Waals surface area contributed by atoms with Gasteiger partial charge in [-0.05, 0) is 38.5 Å². The second kappa shape index (κ2) is 5.45. The van der Waals surface area contributed by atoms with Gasteiger partial charge in [0.1, 0.15) is 5.41 Å². The molecule has 0 saturated carbocycles. The van der Waals surface area contributed by atoms with E-state index in [1.165, 1.54) is 6.92 Å². The van der Waals surface area contributed by atoms with E-state index in [-0.39, 0.29) is 12.4 Å². The van der Waals surface area contributed by atoms with Gasteiger partial charge in [-0.15, -0.1) is 0 Å². The first-order chi connectivity index (χ1) is 7.92. The second-order valence-corrected chi connectivity index (χ2v) is 4.82. The number of benzene rings is 1. The molecule has 0 bridgehead atoms. The number of esters is 1. The van der Waals surface area contributed by atoms with E-state index in [2.05, 4.69) is 15.9 Å². The summed E-state index contributed by atoms with van der Waals surface area (Å²) < 4.78 is 5.88. The molecule has 1 rings (SSSR count). The Balaban J connectivity index is 3.20. The lowest BCUT2D eigenvalue weighted by atomic mass is 9.79. The number of halogens is 1. The molecule has 92 valence electrons. The number of carbonyl (C=O) groups excluding carboxylic acids is 2. The van der Waals surface area contributed by atoms with Crippen molar-refractivity contribution in [2.75, 3.05) is 6.61 Å². The summed E-state index contributed by atoms with van der Waals surface area (Å²) in [4.78, 5) is 23.7. The summed E-state index contributed by atoms with van der Waals surface area (Å²) in [5, 5.41) is 0. The van der Waals surface area contributed by atoms with E-state index in [9.17, 15) is 9.59 Å². The Morgan fingerprint density at radius 2 is 1.82 bits per heavy atom. The molecule has 1 aromatic rings. The third kappa shape index (κ3) is 2.75. The van der Waals surface area contributed by atoms with Gasteiger partial charge in [-0.25, -0.2) is 0 Å². The summed E-state index contributed by atoms with van der Waals surface area (Å²) in [5.74, 6) is -0.729. The molecule has 0 N–H and O–H groups in total. The van der Waals surface area contributed by atoms with Gasteiger partial charge in [-0.1, -0.05) is 28.1 Å². The second-order valence-electron chi connectivity index (χ2n) is 3.91. The Bertz CT molecular complexity index is 425. The molecule has 1 aromatic carbocycles. The first-order valence-electron chi connectivity index (χ1n) is 5.37. The molecule has 0 radical (unpaired) electrons. The quantitative estimate of drug-likeness (QED) is 0.634. The minimum Gasteiger partial charge on any atom is -0.465 e. The van der Waals surface area contributed by atoms with Gasteiger partial charge in [0, 0.05) is 4.47 Å². The van der Waals surface area contributed by atoms with Gasteiger partial charge < -0.3 is 4.74 Å². The van der Waals surface area contributed by atoms with E-state index in [0.29, 0.717) is 5.56 Å². The maximum Gasteiger partial charge on any atom is 0.323 e. The van der Waals surface area contributed by atoms with E-state index in [1.807, 2.05) is 0 Å². The van der Waals surface area contributed by atoms with Crippen LogP contribution in [-0.2, 0) is 19.7 Å². The fourth-order valence-corrected chi connectivity index (χ4v) is 1.79. The SMILES string of the molecule is CCOC(=O)C(C)(C(C)=O)c1ccc(Br)cc1. The maximum absolute atomic E-state index is 11.9. The van der Waals surface area contributed by atoms with Crippen molar-refractivity contribution >= 4 is 27.7 Å². The highest BCUT2D eigenvalue weighted by atomic mass is 79.9. The molecule has 0 amide bonds. The third-order valence-electron chi connectivity index (χ3n) is 2.81. The van der Waals surface area contributed by atoms with E-state index in [1.54, 1.807) is 38.1 Å². The van der Waals surface area contributed by atoms with Crippen LogP contribution in [0.15, 0.2) is 28.7 Å². The molecular formula is C13H15BrO3. The molecular weight excluding hydrogens is 284 g/mol. The lowest BCUT2D eigenvalue weighted by Crippen LogP contribution is -2.41. The molecule has 0 saturated heterocycles. The number of hydrogen-bond donors (Lipinski definition) is 0. The highest BCUT2D eigenvalue weighted by Gasteiger charge is 2.41. The van der Waals surface area contributed by atoms with Gasteiger partial charge in [-0.2, -0.15) is 0 Å². The van der Waals surface area contributed by atoms with Gasteiger partial charge >= 0.3 is 5.97 Å². The molecule has 1 unspecified atom stereocenters. The first-order valence-corrected chi connectivity index (χ1v) is 6.16. The molecule has 0 heterocycles. The predicted octanol–water partition coefficient (Wildman–Crippen LogP) is 2.86. The summed E-state index contributed by atoms with van der Waals surface area (Å²) in [6, 6.07) is 7.11. The standard InChI is InChI=1S/C13H15BrO3/c1-4-17-12(16)13(3,9(2)15)10-5-7-11(14)8-6-10/h5-8H,4H2,1-3H3. The Morgan fingerprint density at radius 3 is 2.24 bits per heavy atom. The largest absolute Gasteiger partial charge is 0.465 e. The summed E-state index contributed by atoms with van der Waals surface area (Å²) >= 11 is 3.32. The minimum atomic E-state index is -1.23. The number of hydrogen-bond acceptors (Lipinski definition) is 3. The van der Waals surface area contributed by atoms with Crippen LogP contribution in [0.2, 0.25) is 0 Å². The number of ether oxygens (including phenoxy) is 1. The van der Waals surface area contributed by atoms with Crippen molar-refractivity contribution in [1.29, 1.82) is 0 Å². The number of carbonyl (C=O) groups is 2. The van der Waals surface area contributed by atoms with Gasteiger partial charge in [0.25, 0.3) is 0 Å². The minimum absolute atomic E-state index is 0.224. The van der Waals surface area contributed by atoms with Crippen LogP contribution in [0.5, 0.6) is 0 Å². The van der Waals surface area contributed by atoms with Crippen molar-refractivity contribution in [2.45, 2.75) is 26.2 Å². The molecule has 3 nitrogen and oxygen atoms in total. The molecule has 17 heavy (non-hydrogen) atoms. The summed E-state index contributed by atoms with van der Waals surface area (Å²) in [6.45, 7) is 4.98. The van der Waals surface area contributed by atoms with Gasteiger partial charge in [0.2, 0.25) is 0 Å². The van der Waals surface area contributed by atoms with E-state index in [0.717, 1.165) is 4.47 Å². The lowest BCUT2D eigenvalue weighted by molar-refractivity contribution is -0.152. The molecule has 0 aliphatic heterocycles. The van der Waals surface area contributed by atoms with Crippen LogP contribution in [0.3, 0.4) is 0 Å². The Hall–Kier alpha value is -1.16. The summed E-state index contributed by atoms with van der Waals surface area (Å²) in [7, 11) is 0. The van der Waals surface area contributed by atoms with Crippen molar-refractivity contribution in [3.8, 4) is 0 Å². The summed E-state index contributed by atoms with van der Waals surface area (Å²) in [5.41, 5.74) is -0.580. The van der Waals surface area contributed by atoms with Crippen LogP contribution >= 0.6 is 15.9 Å². The Labute approximate surface area is 109 Å². The molecule has 1 atom stereocenters. The highest BCUT2D eigenvalue weighted by molar-refractivity contribution is 9.10. The van der Waals surface area contributed by atoms with Crippen molar-refractivity contribution in [1.82, 2.24) is 0 Å². The third-order valence-corrected chi connectivity index (χ3v) is 3.34. The zero-order chi connectivity index (χ0) is 13.1. The lowest BCUT2D eigenvalue weighted by Gasteiger charge is -2.24. The van der Waals surface area contributed by atoms with Crippen LogP contribution in [0.25, 0.3) is 0 Å². The Morgan fingerprint density at radius 1 is 1.29 bits per heavy atom. The molecule has 0 spiro atoms. The first kappa shape index (κ1) is 13.9. The van der Waals surface area contributed by atoms with Gasteiger partial charge in [0.15, 0.2) is 5.78 Å². The van der Waals surface area contributed by atoms with E-state index >= 15 is 0 Å². The summed E-state index contributed by atoms with van der Waals surface area (Å²) in [6.07, 6.45) is 0. The van der Waals surface area contributed by atoms with Crippen LogP contribution in [0.1, 0.15) is 26.3 Å². The molecule has 0 aromatic heterocycles. The molecule has 0 aliphatic carbocycles. The molecule has 0 fully saturated rings. The van der Waals surface area contributed by atoms with Gasteiger partial charge in [0.05, 0.1) is 6.61 Å². The van der Waals surface area contributed by atoms with Crippen LogP contribution in [0.4, 0.5) is 0 Å². The van der Waals surface area contributed by atoms with Crippen molar-refractivity contribution < 1.29 is 14.3 Å². The average Bonchev–Trinajstić information content (AvgIpc) is 2.29. The van der Waals surface area contributed by atoms with Crippen molar-refractivity contribution in [2.24, 2.45) is 0 Å². The number of ketones is 1. The van der Waals surface area contributed by atoms with Crippen LogP contribution < -0.4 is 0 Å². The average molecular weight is 299 g/mol. The normalized spacial score (nSPS) is 13.9. The number of rotatable bonds is 4. The molecule has 0 aliphatic rings. The Kier molecular flexibility index (Phi) is 4.46. The fraction of sp³-hybridized carbons (Fsp3) is 0.385. The van der Waals surface area contributed by atoms with Crippen molar-refractivity contribution in [3.63, 3.8) is 0 Å². The highest BCUT2D eigenvalue weighted by Crippen LogP contribution is 2.28. The predicted molar refractivity (Wildman–Crippen MR) is 68.8 cm³/mol. The van der Waals surface area contributed by atoms with Crippen LogP contribution in [0, 0.1) is 0 Å². The van der Waals surface area contributed by atoms with Gasteiger partial charge in [-0.3, -0.25) is 9.59 Å². The fourth-order valence-electron chi connectivity index (χ4n) is 1.52. The maximum atomic E-state index is 11.9. The van der Waals surface area contributed by atoms with E-state index in [4.69, 9.17) is 4.74 Å². The topological polar surface area (TPSA) is 43.4 Å². The zero-order valence-corrected chi connectivity index (χ0v) is 11.7. The van der Waals surface area contributed by atoms with E-state index < -0.39 is 11.4 Å². The van der Waals surface area contributed by atoms with Crippen LogP contribution in [-0.4, -0.2) is 18.4 Å². The monoisotopic (exact) mass is 298 g/mol. The van der Waals surface area contributed by atoms with Crippen molar-refractivity contribution in [3.05, 3.63) is 34.3 Å². The number of Topliss-reactive ketones (excluding diaryl/α,β-unsaturated/α-hetero) is 1. The molecule has 4 heteroatoms.